The van der Waals surface area contributed by atoms with E-state index in [1.54, 1.807) is 18.3 Å². The Hall–Kier alpha value is -3.00. The maximum Gasteiger partial charge on any atom is 0.289 e. The molecule has 2 aliphatic rings. The first-order valence-electron chi connectivity index (χ1n) is 8.92. The second-order valence-corrected chi connectivity index (χ2v) is 7.45. The van der Waals surface area contributed by atoms with Crippen molar-refractivity contribution in [3.63, 3.8) is 0 Å². The largest absolute Gasteiger partial charge is 0.459 e. The minimum Gasteiger partial charge on any atom is -0.459 e. The molecule has 8 nitrogen and oxygen atoms in total. The van der Waals surface area contributed by atoms with Crippen LogP contribution in [0.15, 0.2) is 51.7 Å². The molecule has 1 atom stereocenters. The number of likely N-dealkylation sites (tertiary alicyclic amines) is 2. The van der Waals surface area contributed by atoms with E-state index in [-0.39, 0.29) is 17.4 Å². The van der Waals surface area contributed by atoms with E-state index >= 15 is 0 Å². The van der Waals surface area contributed by atoms with Crippen LogP contribution >= 0.6 is 0 Å². The molecular formula is C19H19N5O3. The van der Waals surface area contributed by atoms with Gasteiger partial charge in [-0.15, -0.1) is 0 Å². The minimum absolute atomic E-state index is 0.0475. The fraction of sp³-hybridized carbons (Fsp3) is 0.368. The molecule has 0 saturated carbocycles. The minimum atomic E-state index is -0.0475. The molecule has 3 aromatic heterocycles. The topological polar surface area (TPSA) is 88.5 Å². The summed E-state index contributed by atoms with van der Waals surface area (Å²) in [6.45, 7) is 2.34. The van der Waals surface area contributed by atoms with Crippen LogP contribution in [0.25, 0.3) is 11.6 Å². The van der Waals surface area contributed by atoms with E-state index in [0.717, 1.165) is 26.1 Å². The van der Waals surface area contributed by atoms with E-state index in [1.165, 1.54) is 6.26 Å². The van der Waals surface area contributed by atoms with Gasteiger partial charge in [-0.3, -0.25) is 14.7 Å². The molecule has 0 radical (unpaired) electrons. The predicted molar refractivity (Wildman–Crippen MR) is 94.6 cm³/mol. The number of nitrogens with zero attached hydrogens (tertiary/aromatic N) is 5. The molecule has 1 amide bonds. The van der Waals surface area contributed by atoms with Gasteiger partial charge in [-0.25, -0.2) is 0 Å². The molecule has 5 heterocycles. The Morgan fingerprint density at radius 3 is 2.85 bits per heavy atom. The number of carbonyl (C=O) groups is 1. The van der Waals surface area contributed by atoms with Crippen molar-refractivity contribution in [3.8, 4) is 11.6 Å². The van der Waals surface area contributed by atoms with E-state index in [2.05, 4.69) is 27.1 Å². The monoisotopic (exact) mass is 365 g/mol. The van der Waals surface area contributed by atoms with Gasteiger partial charge < -0.3 is 13.8 Å². The lowest BCUT2D eigenvalue weighted by Crippen LogP contribution is -2.59. The van der Waals surface area contributed by atoms with Crippen LogP contribution in [0.3, 0.4) is 0 Å². The van der Waals surface area contributed by atoms with Gasteiger partial charge >= 0.3 is 0 Å². The average molecular weight is 365 g/mol. The molecular weight excluding hydrogens is 346 g/mol. The van der Waals surface area contributed by atoms with Gasteiger partial charge in [0.15, 0.2) is 11.6 Å². The molecule has 5 rings (SSSR count). The summed E-state index contributed by atoms with van der Waals surface area (Å²) in [5.74, 6) is 1.45. The number of carbonyl (C=O) groups excluding carboxylic acids is 1. The lowest BCUT2D eigenvalue weighted by Gasteiger charge is -2.47. The molecule has 2 saturated heterocycles. The van der Waals surface area contributed by atoms with Crippen LogP contribution in [0.4, 0.5) is 0 Å². The number of hydrogen-bond acceptors (Lipinski definition) is 7. The van der Waals surface area contributed by atoms with Crippen LogP contribution in [0.2, 0.25) is 0 Å². The summed E-state index contributed by atoms with van der Waals surface area (Å²) >= 11 is 0. The van der Waals surface area contributed by atoms with Gasteiger partial charge in [0.2, 0.25) is 0 Å². The van der Waals surface area contributed by atoms with Gasteiger partial charge in [-0.2, -0.15) is 4.98 Å². The Morgan fingerprint density at radius 2 is 2.11 bits per heavy atom. The van der Waals surface area contributed by atoms with Crippen LogP contribution in [0.5, 0.6) is 0 Å². The number of rotatable bonds is 3. The van der Waals surface area contributed by atoms with Gasteiger partial charge in [0, 0.05) is 31.2 Å². The quantitative estimate of drug-likeness (QED) is 0.703. The van der Waals surface area contributed by atoms with Crippen molar-refractivity contribution in [1.82, 2.24) is 24.9 Å². The highest BCUT2D eigenvalue weighted by molar-refractivity contribution is 5.92. The van der Waals surface area contributed by atoms with Crippen molar-refractivity contribution >= 4 is 5.91 Å². The molecule has 2 fully saturated rings. The number of furan rings is 1. The van der Waals surface area contributed by atoms with E-state index in [4.69, 9.17) is 8.94 Å². The maximum absolute atomic E-state index is 12.4. The number of aromatic nitrogens is 3. The smallest absolute Gasteiger partial charge is 0.289 e. The standard InChI is InChI=1S/C19H19N5O3/c1-23-10-19(11-24(12-19)18(25)15-6-4-8-26-15)9-14(23)16-21-17(27-22-16)13-5-2-3-7-20-13/h2-8,14H,9-12H2,1H3. The molecule has 138 valence electrons. The fourth-order valence-corrected chi connectivity index (χ4v) is 4.21. The molecule has 1 spiro atoms. The van der Waals surface area contributed by atoms with Gasteiger partial charge in [-0.05, 0) is 37.7 Å². The van der Waals surface area contributed by atoms with Crippen molar-refractivity contribution in [3.05, 3.63) is 54.4 Å². The highest BCUT2D eigenvalue weighted by Gasteiger charge is 2.53. The number of pyridine rings is 1. The molecule has 27 heavy (non-hydrogen) atoms. The van der Waals surface area contributed by atoms with Gasteiger partial charge in [0.25, 0.3) is 11.8 Å². The molecule has 0 N–H and O–H groups in total. The van der Waals surface area contributed by atoms with E-state index in [9.17, 15) is 4.79 Å². The Balaban J connectivity index is 1.29. The zero-order chi connectivity index (χ0) is 18.4. The third-order valence-electron chi connectivity index (χ3n) is 5.44. The summed E-state index contributed by atoms with van der Waals surface area (Å²) in [5, 5.41) is 4.18. The lowest BCUT2D eigenvalue weighted by atomic mass is 9.77. The molecule has 0 bridgehead atoms. The van der Waals surface area contributed by atoms with Crippen LogP contribution in [-0.2, 0) is 0 Å². The van der Waals surface area contributed by atoms with Crippen LogP contribution in [0, 0.1) is 5.41 Å². The van der Waals surface area contributed by atoms with Crippen molar-refractivity contribution in [2.75, 3.05) is 26.7 Å². The third-order valence-corrected chi connectivity index (χ3v) is 5.44. The Kier molecular flexibility index (Phi) is 3.61. The predicted octanol–water partition coefficient (Wildman–Crippen LogP) is 2.24. The van der Waals surface area contributed by atoms with Crippen molar-refractivity contribution in [2.24, 2.45) is 5.41 Å². The van der Waals surface area contributed by atoms with Gasteiger partial charge in [0.1, 0.15) is 5.69 Å². The van der Waals surface area contributed by atoms with Gasteiger partial charge in [-0.1, -0.05) is 11.2 Å². The molecule has 1 unspecified atom stereocenters. The Bertz CT molecular complexity index is 947. The number of amides is 1. The molecule has 0 aliphatic carbocycles. The molecule has 3 aromatic rings. The first-order chi connectivity index (χ1) is 13.1. The summed E-state index contributed by atoms with van der Waals surface area (Å²) in [7, 11) is 2.06. The van der Waals surface area contributed by atoms with Crippen molar-refractivity contribution < 1.29 is 13.7 Å². The van der Waals surface area contributed by atoms with E-state index < -0.39 is 0 Å². The normalized spacial score (nSPS) is 21.5. The van der Waals surface area contributed by atoms with Crippen molar-refractivity contribution in [2.45, 2.75) is 12.5 Å². The van der Waals surface area contributed by atoms with Crippen LogP contribution in [-0.4, -0.2) is 57.5 Å². The highest BCUT2D eigenvalue weighted by atomic mass is 16.5. The fourth-order valence-electron chi connectivity index (χ4n) is 4.21. The first-order valence-corrected chi connectivity index (χ1v) is 8.92. The maximum atomic E-state index is 12.4. The summed E-state index contributed by atoms with van der Waals surface area (Å²) in [4.78, 5) is 25.3. The van der Waals surface area contributed by atoms with E-state index in [0.29, 0.717) is 23.2 Å². The average Bonchev–Trinajstić information content (AvgIpc) is 3.40. The summed E-state index contributed by atoms with van der Waals surface area (Å²) in [5.41, 5.74) is 0.749. The Labute approximate surface area is 155 Å². The highest BCUT2D eigenvalue weighted by Crippen LogP contribution is 2.47. The molecule has 8 heteroatoms. The zero-order valence-corrected chi connectivity index (χ0v) is 14.9. The van der Waals surface area contributed by atoms with E-state index in [1.807, 2.05) is 23.1 Å². The molecule has 0 aromatic carbocycles. The van der Waals surface area contributed by atoms with Crippen molar-refractivity contribution in [1.29, 1.82) is 0 Å². The summed E-state index contributed by atoms with van der Waals surface area (Å²) < 4.78 is 10.6. The summed E-state index contributed by atoms with van der Waals surface area (Å²) in [6.07, 6.45) is 4.12. The lowest BCUT2D eigenvalue weighted by molar-refractivity contribution is 0.00910. The number of hydrogen-bond donors (Lipinski definition) is 0. The third kappa shape index (κ3) is 2.73. The Morgan fingerprint density at radius 1 is 1.22 bits per heavy atom. The first kappa shape index (κ1) is 16.2. The second kappa shape index (κ2) is 6.02. The summed E-state index contributed by atoms with van der Waals surface area (Å²) in [6, 6.07) is 9.10. The second-order valence-electron chi connectivity index (χ2n) is 7.45. The van der Waals surface area contributed by atoms with Crippen LogP contribution < -0.4 is 0 Å². The SMILES string of the molecule is CN1CC2(CC1c1noc(-c3ccccn3)n1)CN(C(=O)c1ccco1)C2. The zero-order valence-electron chi connectivity index (χ0n) is 14.9. The van der Waals surface area contributed by atoms with Crippen LogP contribution in [0.1, 0.15) is 28.8 Å². The van der Waals surface area contributed by atoms with Gasteiger partial charge in [0.05, 0.1) is 12.3 Å². The molecule has 2 aliphatic heterocycles.